The molecule has 0 spiro atoms. The van der Waals surface area contributed by atoms with Gasteiger partial charge in [-0.1, -0.05) is 26.0 Å². The summed E-state index contributed by atoms with van der Waals surface area (Å²) < 4.78 is 0. The van der Waals surface area contributed by atoms with E-state index in [1.54, 1.807) is 4.90 Å². The molecule has 0 radical (unpaired) electrons. The van der Waals surface area contributed by atoms with Crippen molar-refractivity contribution in [3.63, 3.8) is 0 Å². The molecule has 3 rings (SSSR count). The highest BCUT2D eigenvalue weighted by atomic mass is 32.1. The van der Waals surface area contributed by atoms with Gasteiger partial charge in [-0.25, -0.2) is 0 Å². The average Bonchev–Trinajstić information content (AvgIpc) is 3.15. The quantitative estimate of drug-likeness (QED) is 0.924. The summed E-state index contributed by atoms with van der Waals surface area (Å²) in [5, 5.41) is 4.83. The summed E-state index contributed by atoms with van der Waals surface area (Å²) in [6.07, 6.45) is 1.35. The molecule has 0 bridgehead atoms. The Bertz CT molecular complexity index is 723. The number of amides is 2. The van der Waals surface area contributed by atoms with Crippen molar-refractivity contribution in [3.8, 4) is 0 Å². The van der Waals surface area contributed by atoms with Gasteiger partial charge in [0.25, 0.3) is 5.91 Å². The van der Waals surface area contributed by atoms with Crippen molar-refractivity contribution in [1.29, 1.82) is 0 Å². The van der Waals surface area contributed by atoms with Gasteiger partial charge < -0.3 is 10.2 Å². The third kappa shape index (κ3) is 3.45. The van der Waals surface area contributed by atoms with Gasteiger partial charge in [-0.2, -0.15) is 0 Å². The summed E-state index contributed by atoms with van der Waals surface area (Å²) in [7, 11) is 0. The second-order valence-corrected chi connectivity index (χ2v) is 7.12. The number of carbonyl (C=O) groups is 2. The van der Waals surface area contributed by atoms with Crippen LogP contribution in [0.3, 0.4) is 0 Å². The molecule has 1 aliphatic heterocycles. The number of nitrogens with one attached hydrogen (secondary N) is 1. The molecular formula is C18H20N2O2S. The first-order chi connectivity index (χ1) is 11.0. The van der Waals surface area contributed by atoms with Crippen molar-refractivity contribution >= 4 is 34.5 Å². The smallest absolute Gasteiger partial charge is 0.268 e. The lowest BCUT2D eigenvalue weighted by Crippen LogP contribution is -2.28. The van der Waals surface area contributed by atoms with E-state index in [9.17, 15) is 9.59 Å². The molecule has 0 saturated carbocycles. The second-order valence-electron chi connectivity index (χ2n) is 6.17. The molecular weight excluding hydrogens is 308 g/mol. The van der Waals surface area contributed by atoms with Crippen LogP contribution in [0.25, 0.3) is 0 Å². The Morgan fingerprint density at radius 1 is 1.30 bits per heavy atom. The molecule has 0 unspecified atom stereocenters. The largest absolute Gasteiger partial charge is 0.326 e. The molecule has 1 N–H and O–H groups in total. The average molecular weight is 328 g/mol. The summed E-state index contributed by atoms with van der Waals surface area (Å²) >= 11 is 1.45. The minimum atomic E-state index is 0.00841. The summed E-state index contributed by atoms with van der Waals surface area (Å²) in [4.78, 5) is 27.1. The van der Waals surface area contributed by atoms with Gasteiger partial charge in [0.05, 0.1) is 4.88 Å². The number of hydrogen-bond acceptors (Lipinski definition) is 3. The fourth-order valence-electron chi connectivity index (χ4n) is 2.78. The molecule has 1 aromatic carbocycles. The van der Waals surface area contributed by atoms with E-state index in [0.29, 0.717) is 18.9 Å². The van der Waals surface area contributed by atoms with Crippen LogP contribution in [-0.4, -0.2) is 18.4 Å². The standard InChI is InChI=1S/C18H20N2O2S/c1-12(2)10-17(21)19-14-6-5-13-7-8-20(15(13)11-14)18(22)16-4-3-9-23-16/h3-6,9,11-12H,7-8,10H2,1-2H3,(H,19,21). The molecule has 120 valence electrons. The number of nitrogens with zero attached hydrogens (tertiary/aromatic N) is 1. The van der Waals surface area contributed by atoms with Gasteiger partial charge >= 0.3 is 0 Å². The van der Waals surface area contributed by atoms with Crippen molar-refractivity contribution < 1.29 is 9.59 Å². The fraction of sp³-hybridized carbons (Fsp3) is 0.333. The van der Waals surface area contributed by atoms with Crippen LogP contribution in [0, 0.1) is 5.92 Å². The third-order valence-electron chi connectivity index (χ3n) is 3.84. The highest BCUT2D eigenvalue weighted by molar-refractivity contribution is 7.12. The molecule has 4 nitrogen and oxygen atoms in total. The topological polar surface area (TPSA) is 49.4 Å². The summed E-state index contributed by atoms with van der Waals surface area (Å²) in [6.45, 7) is 4.73. The van der Waals surface area contributed by atoms with E-state index in [4.69, 9.17) is 0 Å². The lowest BCUT2D eigenvalue weighted by molar-refractivity contribution is -0.116. The highest BCUT2D eigenvalue weighted by Crippen LogP contribution is 2.32. The van der Waals surface area contributed by atoms with Crippen molar-refractivity contribution in [3.05, 3.63) is 46.2 Å². The molecule has 23 heavy (non-hydrogen) atoms. The number of anilines is 2. The Morgan fingerprint density at radius 3 is 2.83 bits per heavy atom. The molecule has 1 aromatic heterocycles. The number of rotatable bonds is 4. The summed E-state index contributed by atoms with van der Waals surface area (Å²) in [5.74, 6) is 0.361. The molecule has 2 amide bonds. The molecule has 0 aliphatic carbocycles. The first-order valence-corrected chi connectivity index (χ1v) is 8.70. The number of fused-ring (bicyclic) bond motifs is 1. The van der Waals surface area contributed by atoms with Gasteiger partial charge in [0.1, 0.15) is 0 Å². The number of benzene rings is 1. The molecule has 1 aliphatic rings. The molecule has 0 atom stereocenters. The van der Waals surface area contributed by atoms with Gasteiger partial charge in [-0.3, -0.25) is 9.59 Å². The maximum absolute atomic E-state index is 12.6. The van der Waals surface area contributed by atoms with Crippen LogP contribution in [0.4, 0.5) is 11.4 Å². The van der Waals surface area contributed by atoms with Gasteiger partial charge in [-0.05, 0) is 41.5 Å². The molecule has 0 fully saturated rings. The van der Waals surface area contributed by atoms with Crippen LogP contribution in [0.15, 0.2) is 35.7 Å². The predicted octanol–water partition coefficient (Wildman–Crippen LogP) is 3.94. The van der Waals surface area contributed by atoms with E-state index in [1.165, 1.54) is 11.3 Å². The van der Waals surface area contributed by atoms with Crippen molar-refractivity contribution in [2.24, 2.45) is 5.92 Å². The summed E-state index contributed by atoms with van der Waals surface area (Å²) in [6, 6.07) is 9.56. The Balaban J connectivity index is 1.80. The maximum Gasteiger partial charge on any atom is 0.268 e. The lowest BCUT2D eigenvalue weighted by atomic mass is 10.1. The molecule has 2 aromatic rings. The zero-order valence-corrected chi connectivity index (χ0v) is 14.2. The summed E-state index contributed by atoms with van der Waals surface area (Å²) in [5.41, 5.74) is 2.81. The van der Waals surface area contributed by atoms with E-state index in [1.807, 2.05) is 49.6 Å². The van der Waals surface area contributed by atoms with E-state index in [-0.39, 0.29) is 11.8 Å². The third-order valence-corrected chi connectivity index (χ3v) is 4.69. The predicted molar refractivity (Wildman–Crippen MR) is 94.2 cm³/mol. The minimum absolute atomic E-state index is 0.00841. The zero-order valence-electron chi connectivity index (χ0n) is 13.3. The fourth-order valence-corrected chi connectivity index (χ4v) is 3.46. The Hall–Kier alpha value is -2.14. The number of carbonyl (C=O) groups excluding carboxylic acids is 2. The normalized spacial score (nSPS) is 13.3. The molecule has 5 heteroatoms. The van der Waals surface area contributed by atoms with Crippen LogP contribution >= 0.6 is 11.3 Å². The second kappa shape index (κ2) is 6.54. The van der Waals surface area contributed by atoms with Crippen LogP contribution in [0.2, 0.25) is 0 Å². The Labute approximate surface area is 140 Å². The van der Waals surface area contributed by atoms with Crippen molar-refractivity contribution in [2.75, 3.05) is 16.8 Å². The maximum atomic E-state index is 12.6. The van der Waals surface area contributed by atoms with Crippen LogP contribution in [-0.2, 0) is 11.2 Å². The van der Waals surface area contributed by atoms with Crippen molar-refractivity contribution in [2.45, 2.75) is 26.7 Å². The highest BCUT2D eigenvalue weighted by Gasteiger charge is 2.26. The van der Waals surface area contributed by atoms with Crippen LogP contribution < -0.4 is 10.2 Å². The first-order valence-electron chi connectivity index (χ1n) is 7.82. The van der Waals surface area contributed by atoms with Crippen LogP contribution in [0.1, 0.15) is 35.5 Å². The van der Waals surface area contributed by atoms with Gasteiger partial charge in [0.15, 0.2) is 0 Å². The molecule has 2 heterocycles. The van der Waals surface area contributed by atoms with Crippen LogP contribution in [0.5, 0.6) is 0 Å². The van der Waals surface area contributed by atoms with Gasteiger partial charge in [0, 0.05) is 24.3 Å². The van der Waals surface area contributed by atoms with E-state index >= 15 is 0 Å². The number of hydrogen-bond donors (Lipinski definition) is 1. The first kappa shape index (κ1) is 15.7. The number of thiophene rings is 1. The monoisotopic (exact) mass is 328 g/mol. The zero-order chi connectivity index (χ0) is 16.4. The SMILES string of the molecule is CC(C)CC(=O)Nc1ccc2c(c1)N(C(=O)c1cccs1)CC2. The van der Waals surface area contributed by atoms with Crippen molar-refractivity contribution in [1.82, 2.24) is 0 Å². The lowest BCUT2D eigenvalue weighted by Gasteiger charge is -2.17. The van der Waals surface area contributed by atoms with E-state index < -0.39 is 0 Å². The Morgan fingerprint density at radius 2 is 2.13 bits per heavy atom. The van der Waals surface area contributed by atoms with Gasteiger partial charge in [-0.15, -0.1) is 11.3 Å². The van der Waals surface area contributed by atoms with Gasteiger partial charge in [0.2, 0.25) is 5.91 Å². The Kier molecular flexibility index (Phi) is 4.48. The molecule has 0 saturated heterocycles. The van der Waals surface area contributed by atoms with E-state index in [0.717, 1.165) is 28.2 Å². The minimum Gasteiger partial charge on any atom is -0.326 e. The van der Waals surface area contributed by atoms with E-state index in [2.05, 4.69) is 5.32 Å².